The monoisotopic (exact) mass is 362 g/mol. The van der Waals surface area contributed by atoms with Gasteiger partial charge in [0.1, 0.15) is 17.5 Å². The zero-order valence-corrected chi connectivity index (χ0v) is 13.0. The van der Waals surface area contributed by atoms with Gasteiger partial charge in [0.25, 0.3) is 5.56 Å². The number of hydrogen-bond donors (Lipinski definition) is 2. The van der Waals surface area contributed by atoms with Crippen molar-refractivity contribution in [2.45, 2.75) is 18.9 Å². The van der Waals surface area contributed by atoms with E-state index >= 15 is 0 Å². The maximum atomic E-state index is 14.2. The molecule has 1 atom stereocenters. The topological polar surface area (TPSA) is 79.9 Å². The van der Waals surface area contributed by atoms with E-state index in [1.165, 1.54) is 0 Å². The highest BCUT2D eigenvalue weighted by molar-refractivity contribution is 6.30. The fourth-order valence-electron chi connectivity index (χ4n) is 1.99. The highest BCUT2D eigenvalue weighted by atomic mass is 35.5. The predicted molar refractivity (Wildman–Crippen MR) is 85.8 cm³/mol. The molecule has 0 saturated heterocycles. The van der Waals surface area contributed by atoms with Crippen molar-refractivity contribution in [3.8, 4) is 5.88 Å². The second-order valence-corrected chi connectivity index (χ2v) is 5.32. The fourth-order valence-corrected chi connectivity index (χ4v) is 2.33. The maximum absolute atomic E-state index is 14.2. The third-order valence-corrected chi connectivity index (χ3v) is 3.46. The van der Waals surface area contributed by atoms with Crippen LogP contribution in [0, 0.1) is 5.82 Å². The van der Waals surface area contributed by atoms with Gasteiger partial charge in [-0.3, -0.25) is 9.78 Å². The van der Waals surface area contributed by atoms with Gasteiger partial charge in [-0.2, -0.15) is 4.98 Å². The van der Waals surface area contributed by atoms with Crippen LogP contribution in [0.3, 0.4) is 0 Å². The normalized spacial score (nSPS) is 23.5. The molecular formula is C14H13Cl2FN4O2. The van der Waals surface area contributed by atoms with Crippen LogP contribution in [0.1, 0.15) is 18.3 Å². The van der Waals surface area contributed by atoms with Crippen molar-refractivity contribution < 1.29 is 14.6 Å². The first-order valence-electron chi connectivity index (χ1n) is 8.56. The Morgan fingerprint density at radius 3 is 3.13 bits per heavy atom. The van der Waals surface area contributed by atoms with E-state index < -0.39 is 52.4 Å². The molecule has 1 aliphatic rings. The molecule has 0 aliphatic carbocycles. The number of H-pyrrole nitrogens is 1. The van der Waals surface area contributed by atoms with Crippen molar-refractivity contribution in [3.05, 3.63) is 38.8 Å². The summed E-state index contributed by atoms with van der Waals surface area (Å²) in [6.45, 7) is -4.38. The number of nitrogens with zero attached hydrogens (tertiary/aromatic N) is 2. The minimum absolute atomic E-state index is 0.0468. The van der Waals surface area contributed by atoms with Gasteiger partial charge in [-0.1, -0.05) is 23.8 Å². The predicted octanol–water partition coefficient (Wildman–Crippen LogP) is 2.45. The molecule has 0 amide bonds. The molecule has 3 heterocycles. The fraction of sp³-hybridized carbons (Fsp3) is 0.357. The third-order valence-electron chi connectivity index (χ3n) is 3.03. The number of fused-ring (bicyclic) bond motifs is 1. The number of aromatic nitrogens is 3. The van der Waals surface area contributed by atoms with Crippen molar-refractivity contribution in [2.24, 2.45) is 0 Å². The second-order valence-electron chi connectivity index (χ2n) is 4.61. The number of aromatic amines is 1. The van der Waals surface area contributed by atoms with Crippen molar-refractivity contribution in [1.82, 2.24) is 20.3 Å². The Morgan fingerprint density at radius 1 is 1.48 bits per heavy atom. The highest BCUT2D eigenvalue weighted by Crippen LogP contribution is 2.27. The molecule has 6 nitrogen and oxygen atoms in total. The summed E-state index contributed by atoms with van der Waals surface area (Å²) in [5.41, 5.74) is -1.40. The molecule has 2 aromatic rings. The zero-order valence-electron chi connectivity index (χ0n) is 15.5. The summed E-state index contributed by atoms with van der Waals surface area (Å²) >= 11 is 11.3. The molecule has 2 aromatic heterocycles. The Bertz CT molecular complexity index is 986. The number of rotatable bonds is 3. The molecular weight excluding hydrogens is 346 g/mol. The first-order valence-corrected chi connectivity index (χ1v) is 7.32. The van der Waals surface area contributed by atoms with Gasteiger partial charge in [0.2, 0.25) is 11.2 Å². The average Bonchev–Trinajstić information content (AvgIpc) is 2.72. The first kappa shape index (κ1) is 11.8. The molecule has 0 aromatic carbocycles. The Hall–Kier alpha value is -1.70. The van der Waals surface area contributed by atoms with Gasteiger partial charge < -0.3 is 10.1 Å². The van der Waals surface area contributed by atoms with Gasteiger partial charge in [0, 0.05) is 8.78 Å². The maximum Gasteiger partial charge on any atom is 0.265 e. The molecule has 1 aliphatic heterocycles. The minimum atomic E-state index is -2.52. The molecule has 0 unspecified atom stereocenters. The largest absolute Gasteiger partial charge is 0.475 e. The molecule has 0 bridgehead atoms. The average molecular weight is 363 g/mol. The van der Waals surface area contributed by atoms with Crippen LogP contribution >= 0.6 is 23.2 Å². The number of nitrogens with one attached hydrogen (secondary N) is 2. The van der Waals surface area contributed by atoms with Crippen LogP contribution < -0.4 is 15.6 Å². The summed E-state index contributed by atoms with van der Waals surface area (Å²) in [5.74, 6) is -1.68. The lowest BCUT2D eigenvalue weighted by atomic mass is 10.2. The van der Waals surface area contributed by atoms with Crippen molar-refractivity contribution in [3.63, 3.8) is 0 Å². The van der Waals surface area contributed by atoms with E-state index in [-0.39, 0.29) is 18.1 Å². The lowest BCUT2D eigenvalue weighted by Gasteiger charge is -2.16. The van der Waals surface area contributed by atoms with Crippen LogP contribution in [-0.4, -0.2) is 34.0 Å². The lowest BCUT2D eigenvalue weighted by Crippen LogP contribution is -2.34. The van der Waals surface area contributed by atoms with Gasteiger partial charge in [-0.25, -0.2) is 9.37 Å². The van der Waals surface area contributed by atoms with Crippen molar-refractivity contribution in [2.75, 3.05) is 13.1 Å². The number of pyridine rings is 1. The van der Waals surface area contributed by atoms with Crippen LogP contribution in [0.15, 0.2) is 16.9 Å². The van der Waals surface area contributed by atoms with Crippen molar-refractivity contribution >= 4 is 34.1 Å². The molecule has 23 heavy (non-hydrogen) atoms. The summed E-state index contributed by atoms with van der Waals surface area (Å²) < 4.78 is 51.5. The van der Waals surface area contributed by atoms with Crippen LogP contribution in [0.4, 0.5) is 4.39 Å². The number of halogens is 3. The zero-order chi connectivity index (χ0) is 20.0. The van der Waals surface area contributed by atoms with Crippen LogP contribution in [0.2, 0.25) is 10.4 Å². The van der Waals surface area contributed by atoms with E-state index in [1.807, 2.05) is 0 Å². The van der Waals surface area contributed by atoms with Gasteiger partial charge in [-0.05, 0) is 30.9 Å². The van der Waals surface area contributed by atoms with Gasteiger partial charge in [-0.15, -0.1) is 0 Å². The van der Waals surface area contributed by atoms with E-state index in [4.69, 9.17) is 33.4 Å². The van der Waals surface area contributed by atoms with E-state index in [2.05, 4.69) is 20.3 Å². The minimum Gasteiger partial charge on any atom is -0.475 e. The second kappa shape index (κ2) is 6.82. The van der Waals surface area contributed by atoms with Gasteiger partial charge >= 0.3 is 0 Å². The molecule has 2 N–H and O–H groups in total. The van der Waals surface area contributed by atoms with Crippen molar-refractivity contribution in [1.29, 1.82) is 0 Å². The third kappa shape index (κ3) is 3.46. The van der Waals surface area contributed by atoms with Gasteiger partial charge in [0.05, 0.1) is 2.74 Å². The van der Waals surface area contributed by atoms with E-state index in [9.17, 15) is 9.18 Å². The molecule has 9 heteroatoms. The first-order chi connectivity index (χ1) is 12.5. The molecule has 122 valence electrons. The van der Waals surface area contributed by atoms with E-state index in [1.54, 1.807) is 12.2 Å². The summed E-state index contributed by atoms with van der Waals surface area (Å²) in [6.07, 6.45) is 3.36. The summed E-state index contributed by atoms with van der Waals surface area (Å²) in [7, 11) is 0. The van der Waals surface area contributed by atoms with E-state index in [0.29, 0.717) is 0 Å². The highest BCUT2D eigenvalue weighted by Gasteiger charge is 2.20. The SMILES string of the molecule is [2H]C1([2H])CC=CC[C@@H](C([2H])([2H])Oc2nc(Cl)c(F)c3nc(Cl)[nH]c(=O)c23)N1. The molecule has 0 saturated carbocycles. The Labute approximate surface area is 146 Å². The Balaban J connectivity index is 2.07. The van der Waals surface area contributed by atoms with E-state index in [0.717, 1.165) is 0 Å². The lowest BCUT2D eigenvalue weighted by molar-refractivity contribution is 0.260. The summed E-state index contributed by atoms with van der Waals surface area (Å²) in [5, 5.41) is 1.01. The van der Waals surface area contributed by atoms with Crippen LogP contribution in [-0.2, 0) is 0 Å². The van der Waals surface area contributed by atoms with Crippen LogP contribution in [0.5, 0.6) is 5.88 Å². The quantitative estimate of drug-likeness (QED) is 0.498. The molecule has 0 radical (unpaired) electrons. The molecule has 0 fully saturated rings. The number of ether oxygens (including phenoxy) is 1. The Morgan fingerprint density at radius 2 is 2.30 bits per heavy atom. The Kier molecular flexibility index (Phi) is 3.49. The smallest absolute Gasteiger partial charge is 0.265 e. The molecule has 3 rings (SSSR count). The van der Waals surface area contributed by atoms with Crippen LogP contribution in [0.25, 0.3) is 10.9 Å². The standard InChI is InChI=1S/C14H13Cl2FN4O2/c15-11-9(17)10-8(12(22)21-14(16)19-10)13(20-11)23-6-7-4-2-1-3-5-18-7/h1-2,7,18H,3-6H2,(H,19,21,22)/t7-/m0/s1/i5D2,6D2. The summed E-state index contributed by atoms with van der Waals surface area (Å²) in [4.78, 5) is 21.6. The van der Waals surface area contributed by atoms with Gasteiger partial charge in [0.15, 0.2) is 11.0 Å². The summed E-state index contributed by atoms with van der Waals surface area (Å²) in [6, 6.07) is -1.12. The number of hydrogen-bond acceptors (Lipinski definition) is 5. The molecule has 0 spiro atoms.